The van der Waals surface area contributed by atoms with Crippen molar-refractivity contribution in [3.63, 3.8) is 0 Å². The Morgan fingerprint density at radius 2 is 1.96 bits per heavy atom. The first-order chi connectivity index (χ1) is 13.5. The van der Waals surface area contributed by atoms with Crippen LogP contribution in [0.4, 0.5) is 5.69 Å². The molecule has 0 saturated carbocycles. The number of para-hydroxylation sites is 1. The van der Waals surface area contributed by atoms with E-state index in [-0.39, 0.29) is 23.6 Å². The van der Waals surface area contributed by atoms with Crippen molar-refractivity contribution >= 4 is 22.4 Å². The van der Waals surface area contributed by atoms with Crippen LogP contribution in [0.25, 0.3) is 16.7 Å². The van der Waals surface area contributed by atoms with Crippen molar-refractivity contribution in [3.8, 4) is 11.5 Å². The second-order valence-electron chi connectivity index (χ2n) is 6.01. The molecule has 0 fully saturated rings. The molecule has 0 unspecified atom stereocenters. The van der Waals surface area contributed by atoms with E-state index < -0.39 is 4.92 Å². The molecule has 142 valence electrons. The summed E-state index contributed by atoms with van der Waals surface area (Å²) < 4.78 is 13.8. The van der Waals surface area contributed by atoms with Crippen LogP contribution in [-0.4, -0.2) is 31.2 Å². The number of nitro benzene ring substituents is 1. The maximum atomic E-state index is 12.5. The third kappa shape index (κ3) is 2.71. The summed E-state index contributed by atoms with van der Waals surface area (Å²) in [5.74, 6) is 1.20. The maximum absolute atomic E-state index is 12.5. The lowest BCUT2D eigenvalue weighted by molar-refractivity contribution is -0.386. The van der Waals surface area contributed by atoms with E-state index in [1.54, 1.807) is 41.8 Å². The van der Waals surface area contributed by atoms with Crippen molar-refractivity contribution < 1.29 is 14.4 Å². The van der Waals surface area contributed by atoms with E-state index in [1.807, 2.05) is 0 Å². The highest BCUT2D eigenvalue weighted by Gasteiger charge is 2.19. The summed E-state index contributed by atoms with van der Waals surface area (Å²) in [5, 5.41) is 20.0. The first kappa shape index (κ1) is 17.5. The van der Waals surface area contributed by atoms with Crippen LogP contribution in [0, 0.1) is 10.1 Å². The molecule has 2 heterocycles. The molecule has 2 aromatic carbocycles. The molecule has 0 aliphatic carbocycles. The summed E-state index contributed by atoms with van der Waals surface area (Å²) >= 11 is 0. The number of fused-ring (bicyclic) bond motifs is 3. The number of benzene rings is 2. The highest BCUT2D eigenvalue weighted by atomic mass is 16.6. The van der Waals surface area contributed by atoms with Crippen LogP contribution in [0.15, 0.2) is 47.3 Å². The average molecular weight is 381 g/mol. The van der Waals surface area contributed by atoms with Crippen molar-refractivity contribution in [2.75, 3.05) is 7.11 Å². The van der Waals surface area contributed by atoms with Crippen LogP contribution in [0.3, 0.4) is 0 Å². The average Bonchev–Trinajstić information content (AvgIpc) is 3.14. The third-order valence-electron chi connectivity index (χ3n) is 4.41. The fourth-order valence-corrected chi connectivity index (χ4v) is 3.02. The summed E-state index contributed by atoms with van der Waals surface area (Å²) in [7, 11) is 3.04. The van der Waals surface area contributed by atoms with Gasteiger partial charge in [-0.15, -0.1) is 10.2 Å². The standard InChI is InChI=1S/C18H15N5O5/c1-21-17(24)12-5-3-4-6-13(12)22-16(19-20-18(21)22)10-28-15-8-7-11(27-2)9-14(15)23(25)26/h3-9H,10H2,1-2H3. The monoisotopic (exact) mass is 381 g/mol. The Bertz CT molecular complexity index is 1280. The SMILES string of the molecule is COc1ccc(OCc2nnc3n(C)c(=O)c4ccccc4n23)c([N+](=O)[O-])c1. The highest BCUT2D eigenvalue weighted by Crippen LogP contribution is 2.31. The molecule has 4 rings (SSSR count). The molecule has 0 bridgehead atoms. The Balaban J connectivity index is 1.78. The van der Waals surface area contributed by atoms with Gasteiger partial charge in [0.25, 0.3) is 5.56 Å². The van der Waals surface area contributed by atoms with Crippen LogP contribution in [-0.2, 0) is 13.7 Å². The van der Waals surface area contributed by atoms with Crippen LogP contribution in [0.5, 0.6) is 11.5 Å². The highest BCUT2D eigenvalue weighted by molar-refractivity contribution is 5.80. The minimum atomic E-state index is -0.543. The molecule has 0 atom stereocenters. The molecule has 0 aliphatic heterocycles. The number of nitrogens with zero attached hydrogens (tertiary/aromatic N) is 5. The van der Waals surface area contributed by atoms with Gasteiger partial charge in [-0.2, -0.15) is 0 Å². The van der Waals surface area contributed by atoms with Crippen molar-refractivity contribution in [1.29, 1.82) is 0 Å². The van der Waals surface area contributed by atoms with E-state index in [0.29, 0.717) is 28.3 Å². The number of rotatable bonds is 5. The van der Waals surface area contributed by atoms with Crippen molar-refractivity contribution in [1.82, 2.24) is 19.2 Å². The Kier molecular flexibility index (Phi) is 4.15. The van der Waals surface area contributed by atoms with Gasteiger partial charge in [0, 0.05) is 7.05 Å². The predicted octanol–water partition coefficient (Wildman–Crippen LogP) is 2.08. The lowest BCUT2D eigenvalue weighted by Crippen LogP contribution is -2.20. The van der Waals surface area contributed by atoms with Gasteiger partial charge >= 0.3 is 5.69 Å². The topological polar surface area (TPSA) is 114 Å². The lowest BCUT2D eigenvalue weighted by atomic mass is 10.2. The van der Waals surface area contributed by atoms with Gasteiger partial charge in [-0.05, 0) is 24.3 Å². The van der Waals surface area contributed by atoms with Gasteiger partial charge in [-0.1, -0.05) is 12.1 Å². The molecule has 0 radical (unpaired) electrons. The smallest absolute Gasteiger partial charge is 0.314 e. The quantitative estimate of drug-likeness (QED) is 0.384. The van der Waals surface area contributed by atoms with E-state index in [1.165, 1.54) is 23.8 Å². The summed E-state index contributed by atoms with van der Waals surface area (Å²) in [4.78, 5) is 23.3. The fraction of sp³-hybridized carbons (Fsp3) is 0.167. The molecular weight excluding hydrogens is 366 g/mol. The van der Waals surface area contributed by atoms with Crippen LogP contribution in [0.1, 0.15) is 5.82 Å². The fourth-order valence-electron chi connectivity index (χ4n) is 3.02. The van der Waals surface area contributed by atoms with Gasteiger partial charge in [0.15, 0.2) is 11.6 Å². The zero-order valence-corrected chi connectivity index (χ0v) is 15.0. The molecule has 0 saturated heterocycles. The number of ether oxygens (including phenoxy) is 2. The van der Waals surface area contributed by atoms with Crippen LogP contribution >= 0.6 is 0 Å². The molecule has 2 aromatic heterocycles. The Morgan fingerprint density at radius 1 is 1.18 bits per heavy atom. The van der Waals surface area contributed by atoms with Gasteiger partial charge < -0.3 is 9.47 Å². The normalized spacial score (nSPS) is 11.1. The van der Waals surface area contributed by atoms with Gasteiger partial charge in [0.1, 0.15) is 12.4 Å². The number of hydrogen-bond donors (Lipinski definition) is 0. The molecule has 0 amide bonds. The van der Waals surface area contributed by atoms with E-state index in [9.17, 15) is 14.9 Å². The molecule has 10 nitrogen and oxygen atoms in total. The number of methoxy groups -OCH3 is 1. The first-order valence-electron chi connectivity index (χ1n) is 8.28. The maximum Gasteiger partial charge on any atom is 0.314 e. The minimum absolute atomic E-state index is 0.0729. The number of aromatic nitrogens is 4. The molecule has 0 N–H and O–H groups in total. The molecule has 10 heteroatoms. The first-order valence-corrected chi connectivity index (χ1v) is 8.28. The van der Waals surface area contributed by atoms with E-state index in [2.05, 4.69) is 10.2 Å². The molecule has 4 aromatic rings. The second kappa shape index (κ2) is 6.65. The Hall–Kier alpha value is -3.95. The number of hydrogen-bond acceptors (Lipinski definition) is 7. The molecule has 0 aliphatic rings. The zero-order chi connectivity index (χ0) is 19.8. The van der Waals surface area contributed by atoms with Crippen molar-refractivity contribution in [2.45, 2.75) is 6.61 Å². The second-order valence-corrected chi connectivity index (χ2v) is 6.01. The number of nitro groups is 1. The summed E-state index contributed by atoms with van der Waals surface area (Å²) in [5.41, 5.74) is 0.229. The molecular formula is C18H15N5O5. The zero-order valence-electron chi connectivity index (χ0n) is 15.0. The predicted molar refractivity (Wildman–Crippen MR) is 99.7 cm³/mol. The summed E-state index contributed by atoms with van der Waals surface area (Å²) in [6, 6.07) is 11.4. The van der Waals surface area contributed by atoms with Gasteiger partial charge in [-0.25, -0.2) is 0 Å². The molecule has 0 spiro atoms. The van der Waals surface area contributed by atoms with Crippen molar-refractivity contribution in [3.05, 3.63) is 68.8 Å². The van der Waals surface area contributed by atoms with Gasteiger partial charge in [-0.3, -0.25) is 23.9 Å². The lowest BCUT2D eigenvalue weighted by Gasteiger charge is -2.09. The summed E-state index contributed by atoms with van der Waals surface area (Å²) in [6.45, 7) is -0.0729. The molecule has 28 heavy (non-hydrogen) atoms. The Morgan fingerprint density at radius 3 is 2.71 bits per heavy atom. The van der Waals surface area contributed by atoms with Gasteiger partial charge in [0.05, 0.1) is 29.0 Å². The van der Waals surface area contributed by atoms with Crippen LogP contribution < -0.4 is 15.0 Å². The van der Waals surface area contributed by atoms with Crippen molar-refractivity contribution in [2.24, 2.45) is 7.05 Å². The Labute approximate surface area is 157 Å². The minimum Gasteiger partial charge on any atom is -0.496 e. The largest absolute Gasteiger partial charge is 0.496 e. The third-order valence-corrected chi connectivity index (χ3v) is 4.41. The van der Waals surface area contributed by atoms with Crippen LogP contribution in [0.2, 0.25) is 0 Å². The van der Waals surface area contributed by atoms with Gasteiger partial charge in [0.2, 0.25) is 5.78 Å². The van der Waals surface area contributed by atoms with E-state index in [0.717, 1.165) is 0 Å². The number of aryl methyl sites for hydroxylation is 1. The summed E-state index contributed by atoms with van der Waals surface area (Å²) in [6.07, 6.45) is 0. The van der Waals surface area contributed by atoms with E-state index in [4.69, 9.17) is 9.47 Å². The van der Waals surface area contributed by atoms with E-state index >= 15 is 0 Å².